The summed E-state index contributed by atoms with van der Waals surface area (Å²) in [6, 6.07) is 8.21. The van der Waals surface area contributed by atoms with Crippen LogP contribution >= 0.6 is 0 Å². The quantitative estimate of drug-likeness (QED) is 0.253. The van der Waals surface area contributed by atoms with Gasteiger partial charge in [0.25, 0.3) is 11.8 Å². The predicted octanol–water partition coefficient (Wildman–Crippen LogP) is 3.67. The number of hydrogen-bond donors (Lipinski definition) is 1. The molecule has 182 valence electrons. The number of nitrogens with zero attached hydrogens (tertiary/aromatic N) is 1. The van der Waals surface area contributed by atoms with Crippen LogP contribution in [0.2, 0.25) is 0 Å². The Bertz CT molecular complexity index is 1200. The molecule has 0 unspecified atom stereocenters. The maximum atomic E-state index is 13.2. The molecule has 2 aromatic carbocycles. The second-order valence-corrected chi connectivity index (χ2v) is 7.55. The second kappa shape index (κ2) is 11.1. The zero-order valence-electron chi connectivity index (χ0n) is 19.8. The van der Waals surface area contributed by atoms with E-state index in [4.69, 9.17) is 9.47 Å². The number of urea groups is 1. The number of amides is 4. The molecule has 9 nitrogen and oxygen atoms in total. The fourth-order valence-electron chi connectivity index (χ4n) is 3.52. The van der Waals surface area contributed by atoms with E-state index < -0.39 is 23.8 Å². The molecule has 0 saturated carbocycles. The van der Waals surface area contributed by atoms with Crippen molar-refractivity contribution >= 4 is 35.6 Å². The first-order valence-electron chi connectivity index (χ1n) is 10.9. The molecule has 4 amide bonds. The number of nitrogens with one attached hydrogen (secondary N) is 1. The first-order chi connectivity index (χ1) is 16.8. The molecule has 35 heavy (non-hydrogen) atoms. The Balaban J connectivity index is 2.01. The smallest absolute Gasteiger partial charge is 0.337 e. The Morgan fingerprint density at radius 3 is 2.43 bits per heavy atom. The van der Waals surface area contributed by atoms with Crippen molar-refractivity contribution in [2.24, 2.45) is 0 Å². The van der Waals surface area contributed by atoms with Gasteiger partial charge in [-0.25, -0.2) is 14.5 Å². The normalized spacial score (nSPS) is 14.5. The van der Waals surface area contributed by atoms with Crippen molar-refractivity contribution in [3.8, 4) is 11.5 Å². The summed E-state index contributed by atoms with van der Waals surface area (Å²) >= 11 is 0. The summed E-state index contributed by atoms with van der Waals surface area (Å²) in [7, 11) is 2.75. The number of carbonyl (C=O) groups is 4. The molecule has 3 rings (SSSR count). The standard InChI is InChI=1S/C26H26N2O7/c1-5-7-18-13-16(15-21(33-3)22(18)35-12-6-2)14-20-23(29)27-26(32)28(24(20)30)19-10-8-17(9-11-19)25(31)34-4/h5,8-11,13-15H,1,6-7,12H2,2-4H3,(H,27,29,32)/b20-14+. The second-order valence-electron chi connectivity index (χ2n) is 7.55. The Kier molecular flexibility index (Phi) is 8.04. The van der Waals surface area contributed by atoms with E-state index in [2.05, 4.69) is 16.6 Å². The Hall–Kier alpha value is -4.40. The van der Waals surface area contributed by atoms with Crippen LogP contribution in [-0.4, -0.2) is 44.6 Å². The molecule has 2 aromatic rings. The minimum atomic E-state index is -0.892. The number of rotatable bonds is 9. The number of carbonyl (C=O) groups excluding carboxylic acids is 4. The minimum Gasteiger partial charge on any atom is -0.493 e. The van der Waals surface area contributed by atoms with Crippen molar-refractivity contribution in [1.82, 2.24) is 5.32 Å². The van der Waals surface area contributed by atoms with Crippen LogP contribution in [0, 0.1) is 0 Å². The van der Waals surface area contributed by atoms with Crippen LogP contribution in [0.25, 0.3) is 6.08 Å². The molecule has 0 bridgehead atoms. The number of hydrogen-bond acceptors (Lipinski definition) is 7. The third-order valence-corrected chi connectivity index (χ3v) is 5.15. The van der Waals surface area contributed by atoms with Crippen LogP contribution in [0.1, 0.15) is 34.8 Å². The Labute approximate surface area is 203 Å². The van der Waals surface area contributed by atoms with Gasteiger partial charge in [-0.2, -0.15) is 0 Å². The van der Waals surface area contributed by atoms with E-state index in [0.29, 0.717) is 30.1 Å². The molecule has 1 saturated heterocycles. The lowest BCUT2D eigenvalue weighted by Gasteiger charge is -2.26. The van der Waals surface area contributed by atoms with E-state index in [1.165, 1.54) is 44.6 Å². The van der Waals surface area contributed by atoms with Gasteiger partial charge in [-0.05, 0) is 60.9 Å². The molecule has 0 radical (unpaired) electrons. The summed E-state index contributed by atoms with van der Waals surface area (Å²) in [6.45, 7) is 6.26. The SMILES string of the molecule is C=CCc1cc(/C=C2\C(=O)NC(=O)N(c3ccc(C(=O)OC)cc3)C2=O)cc(OC)c1OCCC. The average Bonchev–Trinajstić information content (AvgIpc) is 2.85. The van der Waals surface area contributed by atoms with Crippen molar-refractivity contribution in [3.63, 3.8) is 0 Å². The van der Waals surface area contributed by atoms with Gasteiger partial charge in [-0.3, -0.25) is 14.9 Å². The van der Waals surface area contributed by atoms with Crippen LogP contribution in [-0.2, 0) is 20.7 Å². The molecule has 1 heterocycles. The van der Waals surface area contributed by atoms with Crippen LogP contribution in [0.15, 0.2) is 54.6 Å². The van der Waals surface area contributed by atoms with E-state index in [-0.39, 0.29) is 16.8 Å². The molecular formula is C26H26N2O7. The van der Waals surface area contributed by atoms with Crippen molar-refractivity contribution in [2.75, 3.05) is 25.7 Å². The maximum Gasteiger partial charge on any atom is 0.337 e. The summed E-state index contributed by atoms with van der Waals surface area (Å²) in [5, 5.41) is 2.18. The van der Waals surface area contributed by atoms with Gasteiger partial charge in [0.15, 0.2) is 11.5 Å². The largest absolute Gasteiger partial charge is 0.493 e. The van der Waals surface area contributed by atoms with Gasteiger partial charge in [0.2, 0.25) is 0 Å². The molecule has 0 atom stereocenters. The molecule has 1 aliphatic rings. The summed E-state index contributed by atoms with van der Waals surface area (Å²) in [5.41, 5.74) is 1.48. The lowest BCUT2D eigenvalue weighted by molar-refractivity contribution is -0.122. The van der Waals surface area contributed by atoms with Gasteiger partial charge in [0.05, 0.1) is 32.1 Å². The van der Waals surface area contributed by atoms with Crippen LogP contribution < -0.4 is 19.7 Å². The maximum absolute atomic E-state index is 13.2. The van der Waals surface area contributed by atoms with Gasteiger partial charge in [0.1, 0.15) is 5.57 Å². The molecule has 0 spiro atoms. The fraction of sp³-hybridized carbons (Fsp3) is 0.231. The van der Waals surface area contributed by atoms with E-state index in [0.717, 1.165) is 16.9 Å². The van der Waals surface area contributed by atoms with Crippen LogP contribution in [0.3, 0.4) is 0 Å². The fourth-order valence-corrected chi connectivity index (χ4v) is 3.52. The van der Waals surface area contributed by atoms with Crippen molar-refractivity contribution in [3.05, 3.63) is 71.3 Å². The monoisotopic (exact) mass is 478 g/mol. The Morgan fingerprint density at radius 2 is 1.83 bits per heavy atom. The molecule has 0 aromatic heterocycles. The van der Waals surface area contributed by atoms with E-state index in [1.807, 2.05) is 6.92 Å². The highest BCUT2D eigenvalue weighted by Gasteiger charge is 2.37. The molecule has 1 N–H and O–H groups in total. The summed E-state index contributed by atoms with van der Waals surface area (Å²) in [5.74, 6) is -1.17. The van der Waals surface area contributed by atoms with E-state index in [1.54, 1.807) is 18.2 Å². The van der Waals surface area contributed by atoms with Gasteiger partial charge < -0.3 is 14.2 Å². The van der Waals surface area contributed by atoms with E-state index >= 15 is 0 Å². The van der Waals surface area contributed by atoms with Crippen molar-refractivity contribution < 1.29 is 33.4 Å². The van der Waals surface area contributed by atoms with Crippen LogP contribution in [0.5, 0.6) is 11.5 Å². The van der Waals surface area contributed by atoms with Gasteiger partial charge in [-0.15, -0.1) is 6.58 Å². The Morgan fingerprint density at radius 1 is 1.11 bits per heavy atom. The zero-order chi connectivity index (χ0) is 25.5. The van der Waals surface area contributed by atoms with Gasteiger partial charge in [-0.1, -0.05) is 13.0 Å². The molecule has 0 aliphatic carbocycles. The number of barbiturate groups is 1. The minimum absolute atomic E-state index is 0.187. The number of ether oxygens (including phenoxy) is 3. The highest BCUT2D eigenvalue weighted by atomic mass is 16.5. The molecule has 1 fully saturated rings. The number of esters is 1. The summed E-state index contributed by atoms with van der Waals surface area (Å²) < 4.78 is 16.0. The molecule has 9 heteroatoms. The van der Waals surface area contributed by atoms with Crippen LogP contribution in [0.4, 0.5) is 10.5 Å². The highest BCUT2D eigenvalue weighted by molar-refractivity contribution is 6.39. The predicted molar refractivity (Wildman–Crippen MR) is 129 cm³/mol. The molecule has 1 aliphatic heterocycles. The zero-order valence-corrected chi connectivity index (χ0v) is 19.8. The topological polar surface area (TPSA) is 111 Å². The third-order valence-electron chi connectivity index (χ3n) is 5.15. The van der Waals surface area contributed by atoms with Crippen molar-refractivity contribution in [2.45, 2.75) is 19.8 Å². The summed E-state index contributed by atoms with van der Waals surface area (Å²) in [6.07, 6.45) is 4.38. The number of methoxy groups -OCH3 is 2. The highest BCUT2D eigenvalue weighted by Crippen LogP contribution is 2.35. The number of anilines is 1. The van der Waals surface area contributed by atoms with E-state index in [9.17, 15) is 19.2 Å². The average molecular weight is 479 g/mol. The van der Waals surface area contributed by atoms with Crippen molar-refractivity contribution in [1.29, 1.82) is 0 Å². The first-order valence-corrected chi connectivity index (χ1v) is 10.9. The number of allylic oxidation sites excluding steroid dienone is 1. The molecular weight excluding hydrogens is 452 g/mol. The third kappa shape index (κ3) is 5.40. The number of benzene rings is 2. The lowest BCUT2D eigenvalue weighted by Crippen LogP contribution is -2.54. The van der Waals surface area contributed by atoms with Gasteiger partial charge in [0, 0.05) is 5.56 Å². The lowest BCUT2D eigenvalue weighted by atomic mass is 10.0. The first kappa shape index (κ1) is 25.2. The summed E-state index contributed by atoms with van der Waals surface area (Å²) in [4.78, 5) is 50.8. The van der Waals surface area contributed by atoms with Gasteiger partial charge >= 0.3 is 12.0 Å². The number of imide groups is 2.